The molecule has 1 N–H and O–H groups in total. The number of halogens is 1. The van der Waals surface area contributed by atoms with E-state index in [1.807, 2.05) is 6.92 Å². The van der Waals surface area contributed by atoms with Gasteiger partial charge in [-0.25, -0.2) is 0 Å². The van der Waals surface area contributed by atoms with Crippen LogP contribution in [0.25, 0.3) is 10.9 Å². The summed E-state index contributed by atoms with van der Waals surface area (Å²) in [6, 6.07) is 6.28. The Labute approximate surface area is 104 Å². The molecule has 0 saturated carbocycles. The second-order valence-electron chi connectivity index (χ2n) is 3.91. The van der Waals surface area contributed by atoms with E-state index in [9.17, 15) is 0 Å². The molecule has 0 amide bonds. The third-order valence-electron chi connectivity index (χ3n) is 2.66. The number of rotatable bonds is 2. The topological polar surface area (TPSA) is 24.9 Å². The molecular weight excluding hydrogens is 264 g/mol. The standard InChI is InChI=1S/C13H15BrN2/c1-4-15-12-7-8(2)16-13-9(3)11(14)6-5-10(12)13/h5-7H,4H2,1-3H3,(H,15,16). The summed E-state index contributed by atoms with van der Waals surface area (Å²) in [4.78, 5) is 4.61. The molecule has 16 heavy (non-hydrogen) atoms. The first kappa shape index (κ1) is 11.4. The molecule has 0 aliphatic rings. The van der Waals surface area contributed by atoms with E-state index in [4.69, 9.17) is 0 Å². The van der Waals surface area contributed by atoms with Gasteiger partial charge < -0.3 is 5.32 Å². The molecule has 84 valence electrons. The maximum absolute atomic E-state index is 4.61. The molecule has 1 aromatic heterocycles. The van der Waals surface area contributed by atoms with Crippen LogP contribution >= 0.6 is 15.9 Å². The highest BCUT2D eigenvalue weighted by Gasteiger charge is 2.07. The fourth-order valence-electron chi connectivity index (χ4n) is 1.87. The number of fused-ring (bicyclic) bond motifs is 1. The highest BCUT2D eigenvalue weighted by Crippen LogP contribution is 2.29. The first-order valence-corrected chi connectivity index (χ1v) is 6.23. The smallest absolute Gasteiger partial charge is 0.0766 e. The van der Waals surface area contributed by atoms with Crippen LogP contribution in [0.3, 0.4) is 0 Å². The van der Waals surface area contributed by atoms with Gasteiger partial charge in [-0.3, -0.25) is 4.98 Å². The Morgan fingerprint density at radius 2 is 2.06 bits per heavy atom. The van der Waals surface area contributed by atoms with E-state index in [0.717, 1.165) is 22.2 Å². The van der Waals surface area contributed by atoms with Gasteiger partial charge in [0.05, 0.1) is 5.52 Å². The van der Waals surface area contributed by atoms with Gasteiger partial charge in [0.25, 0.3) is 0 Å². The lowest BCUT2D eigenvalue weighted by molar-refractivity contribution is 1.19. The molecule has 2 rings (SSSR count). The number of aromatic nitrogens is 1. The number of hydrogen-bond donors (Lipinski definition) is 1. The molecule has 0 radical (unpaired) electrons. The number of nitrogens with one attached hydrogen (secondary N) is 1. The molecule has 0 unspecified atom stereocenters. The predicted molar refractivity (Wildman–Crippen MR) is 73.1 cm³/mol. The van der Waals surface area contributed by atoms with Crippen LogP contribution in [0.5, 0.6) is 0 Å². The zero-order valence-corrected chi connectivity index (χ0v) is 11.4. The lowest BCUT2D eigenvalue weighted by atomic mass is 10.1. The van der Waals surface area contributed by atoms with E-state index in [1.165, 1.54) is 16.6 Å². The van der Waals surface area contributed by atoms with Crippen molar-refractivity contribution in [2.75, 3.05) is 11.9 Å². The molecular formula is C13H15BrN2. The maximum atomic E-state index is 4.61. The third kappa shape index (κ3) is 1.92. The lowest BCUT2D eigenvalue weighted by Gasteiger charge is -2.11. The van der Waals surface area contributed by atoms with E-state index in [0.29, 0.717) is 0 Å². The Morgan fingerprint density at radius 3 is 2.75 bits per heavy atom. The zero-order valence-electron chi connectivity index (χ0n) is 9.76. The van der Waals surface area contributed by atoms with Crippen molar-refractivity contribution in [1.29, 1.82) is 0 Å². The molecule has 1 heterocycles. The Kier molecular flexibility index (Phi) is 3.15. The highest BCUT2D eigenvalue weighted by molar-refractivity contribution is 9.10. The number of nitrogens with zero attached hydrogens (tertiary/aromatic N) is 1. The minimum atomic E-state index is 0.924. The van der Waals surface area contributed by atoms with Crippen LogP contribution in [0.4, 0.5) is 5.69 Å². The number of benzene rings is 1. The van der Waals surface area contributed by atoms with E-state index in [-0.39, 0.29) is 0 Å². The van der Waals surface area contributed by atoms with Crippen LogP contribution in [0.1, 0.15) is 18.2 Å². The minimum absolute atomic E-state index is 0.924. The molecule has 2 nitrogen and oxygen atoms in total. The van der Waals surface area contributed by atoms with Crippen molar-refractivity contribution in [3.8, 4) is 0 Å². The fraction of sp³-hybridized carbons (Fsp3) is 0.308. The van der Waals surface area contributed by atoms with Crippen LogP contribution in [-0.2, 0) is 0 Å². The summed E-state index contributed by atoms with van der Waals surface area (Å²) in [7, 11) is 0. The van der Waals surface area contributed by atoms with Crippen molar-refractivity contribution in [3.63, 3.8) is 0 Å². The highest BCUT2D eigenvalue weighted by atomic mass is 79.9. The van der Waals surface area contributed by atoms with Crippen molar-refractivity contribution in [1.82, 2.24) is 4.98 Å². The van der Waals surface area contributed by atoms with Gasteiger partial charge in [-0.2, -0.15) is 0 Å². The SMILES string of the molecule is CCNc1cc(C)nc2c(C)c(Br)ccc12. The van der Waals surface area contributed by atoms with Gasteiger partial charge in [0.1, 0.15) is 0 Å². The molecule has 2 aromatic rings. The van der Waals surface area contributed by atoms with Gasteiger partial charge >= 0.3 is 0 Å². The first-order valence-electron chi connectivity index (χ1n) is 5.43. The van der Waals surface area contributed by atoms with E-state index in [2.05, 4.69) is 58.3 Å². The quantitative estimate of drug-likeness (QED) is 0.897. The van der Waals surface area contributed by atoms with Gasteiger partial charge in [-0.1, -0.05) is 15.9 Å². The summed E-state index contributed by atoms with van der Waals surface area (Å²) in [5.41, 5.74) is 4.48. The first-order chi connectivity index (χ1) is 7.63. The number of hydrogen-bond acceptors (Lipinski definition) is 2. The molecule has 3 heteroatoms. The van der Waals surface area contributed by atoms with Gasteiger partial charge in [-0.05, 0) is 44.5 Å². The van der Waals surface area contributed by atoms with Crippen LogP contribution < -0.4 is 5.32 Å². The largest absolute Gasteiger partial charge is 0.385 e. The van der Waals surface area contributed by atoms with Crippen LogP contribution in [-0.4, -0.2) is 11.5 Å². The molecule has 0 bridgehead atoms. The molecule has 0 fully saturated rings. The second kappa shape index (κ2) is 4.42. The van der Waals surface area contributed by atoms with Crippen LogP contribution in [0.15, 0.2) is 22.7 Å². The van der Waals surface area contributed by atoms with Crippen molar-refractivity contribution >= 4 is 32.5 Å². The van der Waals surface area contributed by atoms with E-state index >= 15 is 0 Å². The second-order valence-corrected chi connectivity index (χ2v) is 4.76. The van der Waals surface area contributed by atoms with Crippen molar-refractivity contribution < 1.29 is 0 Å². The summed E-state index contributed by atoms with van der Waals surface area (Å²) in [5, 5.41) is 4.57. The Morgan fingerprint density at radius 1 is 1.31 bits per heavy atom. The molecule has 0 saturated heterocycles. The van der Waals surface area contributed by atoms with Crippen LogP contribution in [0.2, 0.25) is 0 Å². The Balaban J connectivity index is 2.78. The molecule has 0 aliphatic heterocycles. The maximum Gasteiger partial charge on any atom is 0.0766 e. The number of aryl methyl sites for hydroxylation is 2. The van der Waals surface area contributed by atoms with Gasteiger partial charge in [0.15, 0.2) is 0 Å². The van der Waals surface area contributed by atoms with Gasteiger partial charge in [0, 0.05) is 27.8 Å². The van der Waals surface area contributed by atoms with E-state index in [1.54, 1.807) is 0 Å². The Bertz CT molecular complexity index is 535. The summed E-state index contributed by atoms with van der Waals surface area (Å²) < 4.78 is 1.11. The zero-order chi connectivity index (χ0) is 11.7. The minimum Gasteiger partial charge on any atom is -0.385 e. The van der Waals surface area contributed by atoms with Crippen molar-refractivity contribution in [3.05, 3.63) is 33.9 Å². The molecule has 0 atom stereocenters. The summed E-state index contributed by atoms with van der Waals surface area (Å²) >= 11 is 3.54. The van der Waals surface area contributed by atoms with Crippen molar-refractivity contribution in [2.24, 2.45) is 0 Å². The summed E-state index contributed by atoms with van der Waals surface area (Å²) in [6.07, 6.45) is 0. The Hall–Kier alpha value is -1.09. The normalized spacial score (nSPS) is 10.8. The van der Waals surface area contributed by atoms with Crippen LogP contribution in [0, 0.1) is 13.8 Å². The average molecular weight is 279 g/mol. The molecule has 0 aliphatic carbocycles. The molecule has 1 aromatic carbocycles. The lowest BCUT2D eigenvalue weighted by Crippen LogP contribution is -2.00. The average Bonchev–Trinajstić information content (AvgIpc) is 2.24. The number of anilines is 1. The third-order valence-corrected chi connectivity index (χ3v) is 3.52. The monoisotopic (exact) mass is 278 g/mol. The van der Waals surface area contributed by atoms with Gasteiger partial charge in [0.2, 0.25) is 0 Å². The summed E-state index contributed by atoms with van der Waals surface area (Å²) in [5.74, 6) is 0. The van der Waals surface area contributed by atoms with Gasteiger partial charge in [-0.15, -0.1) is 0 Å². The van der Waals surface area contributed by atoms with E-state index < -0.39 is 0 Å². The summed E-state index contributed by atoms with van der Waals surface area (Å²) in [6.45, 7) is 7.15. The van der Waals surface area contributed by atoms with Crippen molar-refractivity contribution in [2.45, 2.75) is 20.8 Å². The molecule has 0 spiro atoms. The number of pyridine rings is 1. The fourth-order valence-corrected chi connectivity index (χ4v) is 2.19. The predicted octanol–water partition coefficient (Wildman–Crippen LogP) is 4.05.